The summed E-state index contributed by atoms with van der Waals surface area (Å²) in [6.45, 7) is 21.5. The number of allylic oxidation sites excluding steroid dienone is 2. The summed E-state index contributed by atoms with van der Waals surface area (Å²) in [6, 6.07) is 0. The molecule has 0 radical (unpaired) electrons. The molecule has 0 heterocycles. The SMILES string of the molecule is C=C(OCC)O[C@H]1CC=C[C@H]2C[C@@H]1C([Si](C)(C)C)=C2[Si](C)(C)C. The largest absolute Gasteiger partial charge is 0.466 e. The van der Waals surface area contributed by atoms with Gasteiger partial charge in [0.1, 0.15) is 6.10 Å². The van der Waals surface area contributed by atoms with Gasteiger partial charge in [0.15, 0.2) is 0 Å². The van der Waals surface area contributed by atoms with Crippen molar-refractivity contribution in [1.29, 1.82) is 0 Å². The van der Waals surface area contributed by atoms with E-state index in [0.717, 1.165) is 6.42 Å². The highest BCUT2D eigenvalue weighted by molar-refractivity contribution is 6.89. The van der Waals surface area contributed by atoms with Crippen LogP contribution in [-0.2, 0) is 9.47 Å². The van der Waals surface area contributed by atoms with Gasteiger partial charge in [0, 0.05) is 12.3 Å². The van der Waals surface area contributed by atoms with Gasteiger partial charge in [-0.3, -0.25) is 0 Å². The predicted molar refractivity (Wildman–Crippen MR) is 105 cm³/mol. The highest BCUT2D eigenvalue weighted by atomic mass is 28.3. The third-order valence-electron chi connectivity index (χ3n) is 4.93. The summed E-state index contributed by atoms with van der Waals surface area (Å²) in [7, 11) is -2.72. The van der Waals surface area contributed by atoms with Gasteiger partial charge in [-0.05, 0) is 25.8 Å². The van der Waals surface area contributed by atoms with Gasteiger partial charge in [0.25, 0.3) is 5.95 Å². The summed E-state index contributed by atoms with van der Waals surface area (Å²) in [6.07, 6.45) is 7.17. The van der Waals surface area contributed by atoms with E-state index in [2.05, 4.69) is 58.0 Å². The minimum atomic E-state index is -1.39. The molecule has 2 bridgehead atoms. The average Bonchev–Trinajstić information content (AvgIpc) is 2.65. The molecule has 0 aromatic heterocycles. The highest BCUT2D eigenvalue weighted by Gasteiger charge is 2.47. The molecule has 130 valence electrons. The molecule has 0 unspecified atom stereocenters. The van der Waals surface area contributed by atoms with Crippen LogP contribution < -0.4 is 0 Å². The van der Waals surface area contributed by atoms with Crippen molar-refractivity contribution in [1.82, 2.24) is 0 Å². The van der Waals surface area contributed by atoms with Gasteiger partial charge in [-0.1, -0.05) is 61.8 Å². The Hall–Kier alpha value is -0.746. The molecule has 2 aliphatic rings. The van der Waals surface area contributed by atoms with E-state index in [1.165, 1.54) is 6.42 Å². The summed E-state index contributed by atoms with van der Waals surface area (Å²) in [5, 5.41) is 3.61. The number of rotatable bonds is 6. The molecule has 0 amide bonds. The molecule has 0 aromatic carbocycles. The monoisotopic (exact) mass is 350 g/mol. The van der Waals surface area contributed by atoms with E-state index < -0.39 is 16.1 Å². The lowest BCUT2D eigenvalue weighted by atomic mass is 9.99. The summed E-state index contributed by atoms with van der Waals surface area (Å²) < 4.78 is 11.6. The Morgan fingerprint density at radius 3 is 2.26 bits per heavy atom. The maximum absolute atomic E-state index is 6.16. The van der Waals surface area contributed by atoms with Crippen LogP contribution in [-0.4, -0.2) is 28.9 Å². The molecule has 2 aliphatic carbocycles. The van der Waals surface area contributed by atoms with Gasteiger partial charge in [0.2, 0.25) is 0 Å². The first-order valence-electron chi connectivity index (χ1n) is 8.95. The highest BCUT2D eigenvalue weighted by Crippen LogP contribution is 2.50. The molecule has 4 heteroatoms. The zero-order chi connectivity index (χ0) is 17.4. The Balaban J connectivity index is 2.42. The second-order valence-corrected chi connectivity index (χ2v) is 19.0. The molecule has 3 atom stereocenters. The van der Waals surface area contributed by atoms with Crippen molar-refractivity contribution in [2.45, 2.75) is 65.2 Å². The fraction of sp³-hybridized carbons (Fsp3) is 0.684. The minimum Gasteiger partial charge on any atom is -0.466 e. The van der Waals surface area contributed by atoms with E-state index in [1.54, 1.807) is 5.20 Å². The molecule has 0 aliphatic heterocycles. The summed E-state index contributed by atoms with van der Waals surface area (Å²) in [5.74, 6) is 1.67. The topological polar surface area (TPSA) is 18.5 Å². The van der Waals surface area contributed by atoms with E-state index in [9.17, 15) is 0 Å². The normalized spacial score (nSPS) is 27.9. The predicted octanol–water partition coefficient (Wildman–Crippen LogP) is 5.53. The van der Waals surface area contributed by atoms with Crippen molar-refractivity contribution in [2.24, 2.45) is 11.8 Å². The van der Waals surface area contributed by atoms with E-state index in [0.29, 0.717) is 24.4 Å². The van der Waals surface area contributed by atoms with E-state index >= 15 is 0 Å². The quantitative estimate of drug-likeness (QED) is 0.356. The lowest BCUT2D eigenvalue weighted by molar-refractivity contribution is -0.0182. The van der Waals surface area contributed by atoms with Crippen LogP contribution in [0.4, 0.5) is 0 Å². The fourth-order valence-corrected chi connectivity index (χ4v) is 11.4. The Bertz CT molecular complexity index is 520. The van der Waals surface area contributed by atoms with Crippen molar-refractivity contribution in [3.8, 4) is 0 Å². The van der Waals surface area contributed by atoms with Crippen LogP contribution in [0.5, 0.6) is 0 Å². The maximum Gasteiger partial charge on any atom is 0.271 e. The fourth-order valence-electron chi connectivity index (χ4n) is 4.38. The van der Waals surface area contributed by atoms with E-state index in [4.69, 9.17) is 9.47 Å². The molecule has 0 saturated carbocycles. The van der Waals surface area contributed by atoms with Gasteiger partial charge >= 0.3 is 0 Å². The first-order valence-corrected chi connectivity index (χ1v) is 16.0. The van der Waals surface area contributed by atoms with Gasteiger partial charge in [-0.25, -0.2) is 0 Å². The minimum absolute atomic E-state index is 0.186. The molecule has 0 saturated heterocycles. The first kappa shape index (κ1) is 18.6. The maximum atomic E-state index is 6.16. The van der Waals surface area contributed by atoms with Crippen LogP contribution in [0.3, 0.4) is 0 Å². The lowest BCUT2D eigenvalue weighted by Crippen LogP contribution is -2.38. The Morgan fingerprint density at radius 1 is 1.13 bits per heavy atom. The van der Waals surface area contributed by atoms with Crippen LogP contribution >= 0.6 is 0 Å². The van der Waals surface area contributed by atoms with Crippen LogP contribution in [0.25, 0.3) is 0 Å². The van der Waals surface area contributed by atoms with Crippen molar-refractivity contribution < 1.29 is 9.47 Å². The number of ether oxygens (including phenoxy) is 2. The second kappa shape index (κ2) is 6.63. The molecule has 2 rings (SSSR count). The zero-order valence-electron chi connectivity index (χ0n) is 16.0. The number of fused-ring (bicyclic) bond motifs is 2. The molecule has 0 aromatic rings. The van der Waals surface area contributed by atoms with Gasteiger partial charge in [0.05, 0.1) is 22.8 Å². The van der Waals surface area contributed by atoms with Crippen LogP contribution in [0, 0.1) is 11.8 Å². The second-order valence-electron chi connectivity index (χ2n) is 8.90. The van der Waals surface area contributed by atoms with Crippen molar-refractivity contribution >= 4 is 16.1 Å². The van der Waals surface area contributed by atoms with E-state index in [1.807, 2.05) is 12.1 Å². The molecule has 23 heavy (non-hydrogen) atoms. The molecule has 0 N–H and O–H groups in total. The Labute approximate surface area is 144 Å². The molecule has 0 fully saturated rings. The van der Waals surface area contributed by atoms with E-state index in [-0.39, 0.29) is 6.10 Å². The number of hydrogen-bond donors (Lipinski definition) is 0. The summed E-state index contributed by atoms with van der Waals surface area (Å²) in [4.78, 5) is 0. The smallest absolute Gasteiger partial charge is 0.271 e. The van der Waals surface area contributed by atoms with Crippen molar-refractivity contribution in [2.75, 3.05) is 6.61 Å². The zero-order valence-corrected chi connectivity index (χ0v) is 18.0. The molecule has 0 spiro atoms. The molecule has 2 nitrogen and oxygen atoms in total. The standard InChI is InChI=1S/C19H34O2Si2/c1-9-20-14(2)21-17-12-10-11-15-13-16(17)19(23(6,7)8)18(15)22(3,4)5/h10-11,15-17H,2,9,12-13H2,1,3-8H3/t15-,16-,17-/m0/s1. The van der Waals surface area contributed by atoms with Crippen LogP contribution in [0.1, 0.15) is 19.8 Å². The van der Waals surface area contributed by atoms with Crippen molar-refractivity contribution in [3.05, 3.63) is 35.1 Å². The van der Waals surface area contributed by atoms with Gasteiger partial charge in [-0.15, -0.1) is 0 Å². The lowest BCUT2D eigenvalue weighted by Gasteiger charge is -2.35. The van der Waals surface area contributed by atoms with Crippen molar-refractivity contribution in [3.63, 3.8) is 0 Å². The summed E-state index contributed by atoms with van der Waals surface area (Å²) in [5.41, 5.74) is 0. The molecular formula is C19H34O2Si2. The third kappa shape index (κ3) is 4.02. The van der Waals surface area contributed by atoms with Gasteiger partial charge in [-0.2, -0.15) is 0 Å². The Kier molecular flexibility index (Phi) is 5.36. The Morgan fingerprint density at radius 2 is 1.74 bits per heavy atom. The van der Waals surface area contributed by atoms with Crippen LogP contribution in [0.15, 0.2) is 35.1 Å². The molecular weight excluding hydrogens is 316 g/mol. The third-order valence-corrected chi connectivity index (χ3v) is 9.69. The van der Waals surface area contributed by atoms with Crippen LogP contribution in [0.2, 0.25) is 39.3 Å². The summed E-state index contributed by atoms with van der Waals surface area (Å²) >= 11 is 0. The van der Waals surface area contributed by atoms with Gasteiger partial charge < -0.3 is 9.47 Å². The average molecular weight is 351 g/mol. The number of hydrogen-bond acceptors (Lipinski definition) is 2. The first-order chi connectivity index (χ1) is 10.6.